The third-order valence-electron chi connectivity index (χ3n) is 5.36. The molecule has 7 nitrogen and oxygen atoms in total. The van der Waals surface area contributed by atoms with Crippen LogP contribution in [0.3, 0.4) is 0 Å². The van der Waals surface area contributed by atoms with Crippen LogP contribution in [0.1, 0.15) is 48.3 Å². The molecular formula is C25H30F3N3O4. The van der Waals surface area contributed by atoms with Gasteiger partial charge < -0.3 is 14.8 Å². The molecule has 1 unspecified atom stereocenters. The van der Waals surface area contributed by atoms with E-state index in [9.17, 15) is 22.8 Å². The van der Waals surface area contributed by atoms with Gasteiger partial charge in [0, 0.05) is 30.9 Å². The van der Waals surface area contributed by atoms with Gasteiger partial charge in [0.2, 0.25) is 0 Å². The summed E-state index contributed by atoms with van der Waals surface area (Å²) >= 11 is 0. The number of morpholine rings is 1. The number of anilines is 1. The summed E-state index contributed by atoms with van der Waals surface area (Å²) in [4.78, 5) is 26.7. The number of hydrogen-bond acceptors (Lipinski definition) is 5. The summed E-state index contributed by atoms with van der Waals surface area (Å²) in [7, 11) is 0. The van der Waals surface area contributed by atoms with Gasteiger partial charge in [-0.1, -0.05) is 12.1 Å². The molecule has 1 atom stereocenters. The Morgan fingerprint density at radius 3 is 2.14 bits per heavy atom. The number of halogens is 3. The molecule has 10 heteroatoms. The Bertz CT molecular complexity index is 997. The molecule has 0 spiro atoms. The summed E-state index contributed by atoms with van der Waals surface area (Å²) in [6.07, 6.45) is -5.01. The largest absolute Gasteiger partial charge is 0.444 e. The van der Waals surface area contributed by atoms with Gasteiger partial charge in [0.1, 0.15) is 5.60 Å². The first-order chi connectivity index (χ1) is 16.4. The number of benzene rings is 2. The van der Waals surface area contributed by atoms with Crippen molar-refractivity contribution in [3.8, 4) is 0 Å². The van der Waals surface area contributed by atoms with E-state index in [0.29, 0.717) is 43.1 Å². The molecule has 2 aromatic carbocycles. The second-order valence-corrected chi connectivity index (χ2v) is 9.20. The van der Waals surface area contributed by atoms with E-state index >= 15 is 0 Å². The number of rotatable bonds is 6. The van der Waals surface area contributed by atoms with Crippen LogP contribution in [0, 0.1) is 0 Å². The summed E-state index contributed by atoms with van der Waals surface area (Å²) in [6.45, 7) is 7.72. The van der Waals surface area contributed by atoms with E-state index in [-0.39, 0.29) is 18.5 Å². The van der Waals surface area contributed by atoms with E-state index in [1.807, 2.05) is 0 Å². The van der Waals surface area contributed by atoms with Crippen molar-refractivity contribution in [2.75, 3.05) is 38.2 Å². The standard InChI is InChI=1S/C25H30F3N3O4/c1-24(2,3)35-23(33)30-20-10-6-18(7-11-20)22(32)29-16-21(31-12-14-34-15-13-31)17-4-8-19(9-5-17)25(26,27)28/h4-11,21H,12-16H2,1-3H3,(H,29,32)(H,30,33). The number of carbonyl (C=O) groups is 2. The highest BCUT2D eigenvalue weighted by atomic mass is 19.4. The van der Waals surface area contributed by atoms with Gasteiger partial charge in [0.15, 0.2) is 0 Å². The van der Waals surface area contributed by atoms with E-state index in [1.165, 1.54) is 12.1 Å². The number of hydrogen-bond donors (Lipinski definition) is 2. The fourth-order valence-electron chi connectivity index (χ4n) is 3.66. The van der Waals surface area contributed by atoms with E-state index < -0.39 is 23.4 Å². The van der Waals surface area contributed by atoms with E-state index in [0.717, 1.165) is 12.1 Å². The highest BCUT2D eigenvalue weighted by Gasteiger charge is 2.31. The average Bonchev–Trinajstić information content (AvgIpc) is 2.79. The predicted molar refractivity (Wildman–Crippen MR) is 125 cm³/mol. The topological polar surface area (TPSA) is 79.9 Å². The number of amides is 2. The molecule has 1 aliphatic heterocycles. The van der Waals surface area contributed by atoms with Crippen molar-refractivity contribution in [3.05, 3.63) is 65.2 Å². The molecule has 2 aromatic rings. The highest BCUT2D eigenvalue weighted by Crippen LogP contribution is 2.31. The molecule has 3 rings (SSSR count). The number of nitrogens with one attached hydrogen (secondary N) is 2. The summed E-state index contributed by atoms with van der Waals surface area (Å²) in [5.41, 5.74) is 0.191. The Balaban J connectivity index is 1.65. The molecule has 1 fully saturated rings. The third kappa shape index (κ3) is 7.97. The van der Waals surface area contributed by atoms with Gasteiger partial charge in [0.25, 0.3) is 5.91 Å². The summed E-state index contributed by atoms with van der Waals surface area (Å²) in [6, 6.07) is 11.0. The lowest BCUT2D eigenvalue weighted by atomic mass is 10.0. The van der Waals surface area contributed by atoms with Crippen LogP contribution in [-0.2, 0) is 15.7 Å². The number of carbonyl (C=O) groups excluding carboxylic acids is 2. The zero-order valence-electron chi connectivity index (χ0n) is 19.9. The Morgan fingerprint density at radius 2 is 1.60 bits per heavy atom. The van der Waals surface area contributed by atoms with Crippen LogP contribution in [0.25, 0.3) is 0 Å². The predicted octanol–water partition coefficient (Wildman–Crippen LogP) is 4.86. The molecule has 0 aliphatic carbocycles. The molecule has 35 heavy (non-hydrogen) atoms. The smallest absolute Gasteiger partial charge is 0.416 e. The molecule has 0 radical (unpaired) electrons. The lowest BCUT2D eigenvalue weighted by Gasteiger charge is -2.35. The molecule has 190 valence electrons. The molecule has 1 saturated heterocycles. The van der Waals surface area contributed by atoms with Crippen LogP contribution >= 0.6 is 0 Å². The second kappa shape index (κ2) is 11.1. The van der Waals surface area contributed by atoms with Crippen molar-refractivity contribution in [2.24, 2.45) is 0 Å². The summed E-state index contributed by atoms with van der Waals surface area (Å²) in [5, 5.41) is 5.48. The Labute approximate surface area is 202 Å². The lowest BCUT2D eigenvalue weighted by Crippen LogP contribution is -2.43. The molecule has 2 amide bonds. The lowest BCUT2D eigenvalue weighted by molar-refractivity contribution is -0.137. The van der Waals surface area contributed by atoms with Gasteiger partial charge >= 0.3 is 12.3 Å². The van der Waals surface area contributed by atoms with Crippen LogP contribution in [0.4, 0.5) is 23.7 Å². The van der Waals surface area contributed by atoms with Gasteiger partial charge in [-0.2, -0.15) is 13.2 Å². The zero-order valence-corrected chi connectivity index (χ0v) is 19.9. The molecule has 2 N–H and O–H groups in total. The van der Waals surface area contributed by atoms with Gasteiger partial charge in [0.05, 0.1) is 24.8 Å². The molecule has 0 aromatic heterocycles. The van der Waals surface area contributed by atoms with Crippen LogP contribution in [0.5, 0.6) is 0 Å². The maximum Gasteiger partial charge on any atom is 0.416 e. The Morgan fingerprint density at radius 1 is 1.00 bits per heavy atom. The van der Waals surface area contributed by atoms with Crippen molar-refractivity contribution in [1.82, 2.24) is 10.2 Å². The zero-order chi connectivity index (χ0) is 25.6. The normalized spacial score (nSPS) is 15.8. The third-order valence-corrected chi connectivity index (χ3v) is 5.36. The molecule has 0 saturated carbocycles. The fourth-order valence-corrected chi connectivity index (χ4v) is 3.66. The highest BCUT2D eigenvalue weighted by molar-refractivity contribution is 5.95. The second-order valence-electron chi connectivity index (χ2n) is 9.20. The molecular weight excluding hydrogens is 463 g/mol. The minimum Gasteiger partial charge on any atom is -0.444 e. The number of alkyl halides is 3. The van der Waals surface area contributed by atoms with Gasteiger partial charge in [-0.15, -0.1) is 0 Å². The van der Waals surface area contributed by atoms with Gasteiger partial charge in [-0.3, -0.25) is 15.0 Å². The Kier molecular flexibility index (Phi) is 8.39. The van der Waals surface area contributed by atoms with E-state index in [4.69, 9.17) is 9.47 Å². The fraction of sp³-hybridized carbons (Fsp3) is 0.440. The Hall–Kier alpha value is -3.11. The first kappa shape index (κ1) is 26.5. The van der Waals surface area contributed by atoms with Gasteiger partial charge in [-0.05, 0) is 62.7 Å². The quantitative estimate of drug-likeness (QED) is 0.601. The average molecular weight is 494 g/mol. The number of nitrogens with zero attached hydrogens (tertiary/aromatic N) is 1. The minimum atomic E-state index is -4.41. The first-order valence-electron chi connectivity index (χ1n) is 11.3. The van der Waals surface area contributed by atoms with Crippen LogP contribution < -0.4 is 10.6 Å². The van der Waals surface area contributed by atoms with Crippen LogP contribution in [-0.4, -0.2) is 55.3 Å². The van der Waals surface area contributed by atoms with Crippen molar-refractivity contribution < 1.29 is 32.2 Å². The van der Waals surface area contributed by atoms with E-state index in [2.05, 4.69) is 15.5 Å². The van der Waals surface area contributed by atoms with Gasteiger partial charge in [-0.25, -0.2) is 4.79 Å². The molecule has 0 bridgehead atoms. The maximum absolute atomic E-state index is 13.0. The molecule has 1 heterocycles. The SMILES string of the molecule is CC(C)(C)OC(=O)Nc1ccc(C(=O)NCC(c2ccc(C(F)(F)F)cc2)N2CCOCC2)cc1. The summed E-state index contributed by atoms with van der Waals surface area (Å²) < 4.78 is 49.5. The summed E-state index contributed by atoms with van der Waals surface area (Å²) in [5.74, 6) is -0.334. The van der Waals surface area contributed by atoms with Crippen molar-refractivity contribution in [1.29, 1.82) is 0 Å². The van der Waals surface area contributed by atoms with E-state index in [1.54, 1.807) is 45.0 Å². The number of ether oxygens (including phenoxy) is 2. The van der Waals surface area contributed by atoms with Crippen LogP contribution in [0.15, 0.2) is 48.5 Å². The van der Waals surface area contributed by atoms with Crippen molar-refractivity contribution in [2.45, 2.75) is 38.6 Å². The first-order valence-corrected chi connectivity index (χ1v) is 11.3. The minimum absolute atomic E-state index is 0.210. The van der Waals surface area contributed by atoms with Crippen molar-refractivity contribution >= 4 is 17.7 Å². The monoisotopic (exact) mass is 493 g/mol. The van der Waals surface area contributed by atoms with Crippen molar-refractivity contribution in [3.63, 3.8) is 0 Å². The maximum atomic E-state index is 13.0. The molecule has 1 aliphatic rings. The van der Waals surface area contributed by atoms with Crippen LogP contribution in [0.2, 0.25) is 0 Å².